The van der Waals surface area contributed by atoms with E-state index in [-0.39, 0.29) is 10.7 Å². The second-order valence-electron chi connectivity index (χ2n) is 6.33. The second kappa shape index (κ2) is 7.32. The van der Waals surface area contributed by atoms with E-state index in [9.17, 15) is 8.42 Å². The highest BCUT2D eigenvalue weighted by atomic mass is 32.2. The van der Waals surface area contributed by atoms with Gasteiger partial charge in [0.2, 0.25) is 0 Å². The number of fused-ring (bicyclic) bond motifs is 2. The maximum atomic E-state index is 12.5. The summed E-state index contributed by atoms with van der Waals surface area (Å²) in [4.78, 5) is 18.4. The summed E-state index contributed by atoms with van der Waals surface area (Å²) in [7, 11) is -3.72. The first-order valence-electron chi connectivity index (χ1n) is 8.91. The van der Waals surface area contributed by atoms with Crippen molar-refractivity contribution in [2.75, 3.05) is 10.0 Å². The maximum Gasteiger partial charge on any atom is 0.263 e. The van der Waals surface area contributed by atoms with E-state index in [4.69, 9.17) is 0 Å². The number of thiazole rings is 1. The van der Waals surface area contributed by atoms with Crippen molar-refractivity contribution < 1.29 is 8.42 Å². The molecule has 0 radical (unpaired) electrons. The number of benzene rings is 2. The standard InChI is InChI=1S/C20H14N6O2S2/c27-30(28,26-17-7-3-4-12-21-17)14-10-8-13(9-11-14)22-20-25-18-19(29-20)24-16-6-2-1-5-15(16)23-18/h1-12H,(H,21,26)(H,22,23,25). The van der Waals surface area contributed by atoms with Gasteiger partial charge in [-0.15, -0.1) is 0 Å². The second-order valence-corrected chi connectivity index (χ2v) is 8.99. The maximum absolute atomic E-state index is 12.5. The predicted octanol–water partition coefficient (Wildman–Crippen LogP) is 4.18. The van der Waals surface area contributed by atoms with Crippen molar-refractivity contribution >= 4 is 59.5 Å². The third-order valence-electron chi connectivity index (χ3n) is 4.24. The molecule has 5 rings (SSSR count). The number of hydrogen-bond acceptors (Lipinski definition) is 8. The number of anilines is 3. The number of para-hydroxylation sites is 2. The molecule has 8 nitrogen and oxygen atoms in total. The highest BCUT2D eigenvalue weighted by molar-refractivity contribution is 7.92. The quantitative estimate of drug-likeness (QED) is 0.427. The summed E-state index contributed by atoms with van der Waals surface area (Å²) >= 11 is 1.38. The first-order valence-corrected chi connectivity index (χ1v) is 11.2. The molecule has 0 unspecified atom stereocenters. The Morgan fingerprint density at radius 2 is 1.53 bits per heavy atom. The van der Waals surface area contributed by atoms with Crippen LogP contribution in [0.3, 0.4) is 0 Å². The minimum atomic E-state index is -3.72. The molecule has 0 aliphatic carbocycles. The molecule has 2 aromatic carbocycles. The molecule has 0 atom stereocenters. The largest absolute Gasteiger partial charge is 0.331 e. The smallest absolute Gasteiger partial charge is 0.263 e. The zero-order valence-corrected chi connectivity index (χ0v) is 17.0. The van der Waals surface area contributed by atoms with E-state index in [2.05, 4.69) is 30.0 Å². The van der Waals surface area contributed by atoms with E-state index in [1.54, 1.807) is 30.3 Å². The van der Waals surface area contributed by atoms with Gasteiger partial charge < -0.3 is 5.32 Å². The topological polar surface area (TPSA) is 110 Å². The van der Waals surface area contributed by atoms with Crippen LogP contribution < -0.4 is 10.0 Å². The van der Waals surface area contributed by atoms with E-state index in [1.165, 1.54) is 29.7 Å². The van der Waals surface area contributed by atoms with Crippen LogP contribution in [0.25, 0.3) is 21.5 Å². The average molecular weight is 435 g/mol. The van der Waals surface area contributed by atoms with E-state index < -0.39 is 10.0 Å². The number of hydrogen-bond donors (Lipinski definition) is 2. The lowest BCUT2D eigenvalue weighted by Gasteiger charge is -2.08. The Balaban J connectivity index is 1.37. The van der Waals surface area contributed by atoms with Crippen LogP contribution in [0.4, 0.5) is 16.6 Å². The number of pyridine rings is 1. The number of nitrogens with one attached hydrogen (secondary N) is 2. The van der Waals surface area contributed by atoms with Gasteiger partial charge in [0.25, 0.3) is 10.0 Å². The van der Waals surface area contributed by atoms with Gasteiger partial charge in [0.15, 0.2) is 15.6 Å². The summed E-state index contributed by atoms with van der Waals surface area (Å²) in [5.74, 6) is 0.265. The molecule has 0 spiro atoms. The highest BCUT2D eigenvalue weighted by Crippen LogP contribution is 2.28. The Kier molecular flexibility index (Phi) is 4.49. The first-order chi connectivity index (χ1) is 14.6. The molecular weight excluding hydrogens is 420 g/mol. The number of rotatable bonds is 5. The monoisotopic (exact) mass is 434 g/mol. The summed E-state index contributed by atoms with van der Waals surface area (Å²) in [5, 5.41) is 3.80. The Labute approximate surface area is 175 Å². The molecule has 0 aliphatic rings. The molecule has 2 N–H and O–H groups in total. The van der Waals surface area contributed by atoms with Crippen molar-refractivity contribution in [3.8, 4) is 0 Å². The molecule has 148 valence electrons. The molecule has 0 fully saturated rings. The fourth-order valence-electron chi connectivity index (χ4n) is 2.84. The molecule has 0 amide bonds. The zero-order valence-electron chi connectivity index (χ0n) is 15.4. The minimum Gasteiger partial charge on any atom is -0.331 e. The summed E-state index contributed by atoms with van der Waals surface area (Å²) in [5.41, 5.74) is 2.88. The summed E-state index contributed by atoms with van der Waals surface area (Å²) in [6.07, 6.45) is 1.52. The van der Waals surface area contributed by atoms with Crippen molar-refractivity contribution in [3.05, 3.63) is 72.9 Å². The van der Waals surface area contributed by atoms with Crippen LogP contribution in [-0.2, 0) is 10.0 Å². The third kappa shape index (κ3) is 3.65. The third-order valence-corrected chi connectivity index (χ3v) is 6.47. The van der Waals surface area contributed by atoms with Crippen LogP contribution in [-0.4, -0.2) is 28.4 Å². The molecule has 30 heavy (non-hydrogen) atoms. The molecule has 3 heterocycles. The van der Waals surface area contributed by atoms with Gasteiger partial charge in [0.05, 0.1) is 15.9 Å². The molecule has 3 aromatic heterocycles. The van der Waals surface area contributed by atoms with Crippen LogP contribution >= 0.6 is 11.3 Å². The van der Waals surface area contributed by atoms with Crippen molar-refractivity contribution in [1.29, 1.82) is 0 Å². The van der Waals surface area contributed by atoms with Crippen LogP contribution in [0.2, 0.25) is 0 Å². The van der Waals surface area contributed by atoms with Crippen molar-refractivity contribution in [2.45, 2.75) is 4.90 Å². The zero-order chi connectivity index (χ0) is 20.6. The molecule has 10 heteroatoms. The normalized spacial score (nSPS) is 11.6. The molecule has 0 aliphatic heterocycles. The van der Waals surface area contributed by atoms with Crippen molar-refractivity contribution in [1.82, 2.24) is 19.9 Å². The van der Waals surface area contributed by atoms with Gasteiger partial charge in [0.1, 0.15) is 5.82 Å². The van der Waals surface area contributed by atoms with Gasteiger partial charge in [-0.2, -0.15) is 4.98 Å². The van der Waals surface area contributed by atoms with Gasteiger partial charge in [-0.25, -0.2) is 23.4 Å². The summed E-state index contributed by atoms with van der Waals surface area (Å²) < 4.78 is 27.5. The Morgan fingerprint density at radius 1 is 0.800 bits per heavy atom. The number of aromatic nitrogens is 4. The lowest BCUT2D eigenvalue weighted by Crippen LogP contribution is -2.13. The van der Waals surface area contributed by atoms with E-state index in [0.29, 0.717) is 16.5 Å². The van der Waals surface area contributed by atoms with Crippen LogP contribution in [0, 0.1) is 0 Å². The van der Waals surface area contributed by atoms with E-state index in [1.807, 2.05) is 24.3 Å². The van der Waals surface area contributed by atoms with Crippen molar-refractivity contribution in [2.24, 2.45) is 0 Å². The predicted molar refractivity (Wildman–Crippen MR) is 117 cm³/mol. The highest BCUT2D eigenvalue weighted by Gasteiger charge is 2.15. The number of sulfonamides is 1. The fraction of sp³-hybridized carbons (Fsp3) is 0. The molecule has 0 bridgehead atoms. The summed E-state index contributed by atoms with van der Waals surface area (Å²) in [6.45, 7) is 0. The van der Waals surface area contributed by atoms with Gasteiger partial charge in [-0.1, -0.05) is 29.5 Å². The van der Waals surface area contributed by atoms with E-state index >= 15 is 0 Å². The molecule has 0 saturated carbocycles. The molecular formula is C20H14N6O2S2. The van der Waals surface area contributed by atoms with Crippen LogP contribution in [0.1, 0.15) is 0 Å². The van der Waals surface area contributed by atoms with Gasteiger partial charge >= 0.3 is 0 Å². The van der Waals surface area contributed by atoms with Crippen LogP contribution in [0.15, 0.2) is 77.8 Å². The average Bonchev–Trinajstić information content (AvgIpc) is 3.13. The minimum absolute atomic E-state index is 0.137. The fourth-order valence-corrected chi connectivity index (χ4v) is 4.66. The molecule has 5 aromatic rings. The summed E-state index contributed by atoms with van der Waals surface area (Å²) in [6, 6.07) is 19.0. The van der Waals surface area contributed by atoms with Crippen molar-refractivity contribution in [3.63, 3.8) is 0 Å². The van der Waals surface area contributed by atoms with Gasteiger partial charge in [-0.05, 0) is 48.5 Å². The lowest BCUT2D eigenvalue weighted by molar-refractivity contribution is 0.601. The Morgan fingerprint density at radius 3 is 2.27 bits per heavy atom. The number of nitrogens with zero attached hydrogens (tertiary/aromatic N) is 4. The Hall–Kier alpha value is -3.63. The Bertz CT molecular complexity index is 1400. The van der Waals surface area contributed by atoms with E-state index in [0.717, 1.165) is 15.9 Å². The molecule has 0 saturated heterocycles. The first kappa shape index (κ1) is 18.4. The van der Waals surface area contributed by atoms with Gasteiger partial charge in [-0.3, -0.25) is 4.72 Å². The SMILES string of the molecule is O=S(=O)(Nc1ccccn1)c1ccc(Nc2nc3nc4ccccc4nc3s2)cc1. The van der Waals surface area contributed by atoms with Crippen LogP contribution in [0.5, 0.6) is 0 Å². The lowest BCUT2D eigenvalue weighted by atomic mass is 10.3. The van der Waals surface area contributed by atoms with Gasteiger partial charge in [0, 0.05) is 11.9 Å².